The van der Waals surface area contributed by atoms with Crippen LogP contribution in [0, 0.1) is 0 Å². The van der Waals surface area contributed by atoms with Crippen LogP contribution in [0.1, 0.15) is 54.5 Å². The number of nitrogens with zero attached hydrogens (tertiary/aromatic N) is 1. The first kappa shape index (κ1) is 24.4. The summed E-state index contributed by atoms with van der Waals surface area (Å²) >= 11 is 0. The third-order valence-electron chi connectivity index (χ3n) is 7.05. The molecule has 0 unspecified atom stereocenters. The van der Waals surface area contributed by atoms with E-state index in [1.54, 1.807) is 36.4 Å². The Labute approximate surface area is 213 Å². The van der Waals surface area contributed by atoms with Crippen LogP contribution in [-0.4, -0.2) is 27.0 Å². The van der Waals surface area contributed by atoms with E-state index in [9.17, 15) is 13.2 Å². The van der Waals surface area contributed by atoms with Crippen molar-refractivity contribution < 1.29 is 17.9 Å². The lowest BCUT2D eigenvalue weighted by molar-refractivity contribution is -0.128. The number of fused-ring (bicyclic) bond motifs is 2. The maximum absolute atomic E-state index is 13.5. The van der Waals surface area contributed by atoms with Gasteiger partial charge in [-0.1, -0.05) is 67.6 Å². The van der Waals surface area contributed by atoms with Gasteiger partial charge in [-0.25, -0.2) is 8.42 Å². The van der Waals surface area contributed by atoms with Crippen molar-refractivity contribution in [2.75, 3.05) is 10.8 Å². The van der Waals surface area contributed by atoms with Crippen molar-refractivity contribution in [3.63, 3.8) is 0 Å². The zero-order valence-corrected chi connectivity index (χ0v) is 21.3. The lowest BCUT2D eigenvalue weighted by Gasteiger charge is -2.35. The number of amides is 1. The first-order valence-corrected chi connectivity index (χ1v) is 14.3. The van der Waals surface area contributed by atoms with Crippen LogP contribution >= 0.6 is 0 Å². The molecule has 3 aromatic rings. The molecule has 1 amide bonds. The SMILES string of the molecule is CC[C@H](NC(=O)[C@@H]1CN(S(=O)(=O)Cc2ccccc2)c2ccccc2O1)c1ccc2c(c1)CCCC2. The van der Waals surface area contributed by atoms with Gasteiger partial charge in [0.2, 0.25) is 10.0 Å². The molecule has 188 valence electrons. The first-order chi connectivity index (χ1) is 17.4. The summed E-state index contributed by atoms with van der Waals surface area (Å²) in [7, 11) is -3.74. The lowest BCUT2D eigenvalue weighted by atomic mass is 9.88. The standard InChI is InChI=1S/C29H32N2O4S/c1-2-25(24-17-16-22-12-6-7-13-23(22)18-24)30-29(32)28-19-31(26-14-8-9-15-27(26)35-28)36(33,34)20-21-10-4-3-5-11-21/h3-5,8-11,14-18,25,28H,2,6-7,12-13,19-20H2,1H3,(H,30,32)/t25-,28-/m0/s1. The van der Waals surface area contributed by atoms with E-state index in [4.69, 9.17) is 4.74 Å². The van der Waals surface area contributed by atoms with Crippen molar-refractivity contribution >= 4 is 21.6 Å². The predicted octanol–water partition coefficient (Wildman–Crippen LogP) is 4.93. The van der Waals surface area contributed by atoms with E-state index < -0.39 is 16.1 Å². The molecular formula is C29H32N2O4S. The van der Waals surface area contributed by atoms with E-state index in [0.717, 1.165) is 24.8 Å². The molecule has 2 atom stereocenters. The normalized spacial score (nSPS) is 17.9. The Morgan fingerprint density at radius 2 is 1.72 bits per heavy atom. The molecule has 0 aromatic heterocycles. The molecule has 5 rings (SSSR count). The lowest BCUT2D eigenvalue weighted by Crippen LogP contribution is -2.51. The number of ether oxygens (including phenoxy) is 1. The summed E-state index contributed by atoms with van der Waals surface area (Å²) in [6, 6.07) is 22.4. The second kappa shape index (κ2) is 10.3. The summed E-state index contributed by atoms with van der Waals surface area (Å²) in [4.78, 5) is 13.4. The third-order valence-corrected chi connectivity index (χ3v) is 8.77. The molecule has 0 saturated heterocycles. The molecule has 6 nitrogen and oxygen atoms in total. The molecule has 1 heterocycles. The second-order valence-electron chi connectivity index (χ2n) is 9.55. The molecule has 0 fully saturated rings. The Hall–Kier alpha value is -3.32. The van der Waals surface area contributed by atoms with E-state index in [1.807, 2.05) is 25.1 Å². The van der Waals surface area contributed by atoms with Crippen molar-refractivity contribution in [1.29, 1.82) is 0 Å². The fraction of sp³-hybridized carbons (Fsp3) is 0.345. The Balaban J connectivity index is 1.37. The van der Waals surface area contributed by atoms with Crippen LogP contribution in [0.5, 0.6) is 5.75 Å². The summed E-state index contributed by atoms with van der Waals surface area (Å²) in [5, 5.41) is 3.13. The van der Waals surface area contributed by atoms with Gasteiger partial charge in [-0.2, -0.15) is 0 Å². The van der Waals surface area contributed by atoms with Crippen LogP contribution in [0.15, 0.2) is 72.8 Å². The minimum atomic E-state index is -3.74. The highest BCUT2D eigenvalue weighted by molar-refractivity contribution is 7.92. The highest BCUT2D eigenvalue weighted by atomic mass is 32.2. The van der Waals surface area contributed by atoms with Crippen LogP contribution in [-0.2, 0) is 33.4 Å². The van der Waals surface area contributed by atoms with Gasteiger partial charge in [-0.15, -0.1) is 0 Å². The number of para-hydroxylation sites is 2. The van der Waals surface area contributed by atoms with Gasteiger partial charge in [0, 0.05) is 0 Å². The van der Waals surface area contributed by atoms with Crippen LogP contribution < -0.4 is 14.4 Å². The maximum Gasteiger partial charge on any atom is 0.263 e. The number of sulfonamides is 1. The highest BCUT2D eigenvalue weighted by Gasteiger charge is 2.37. The van der Waals surface area contributed by atoms with Gasteiger partial charge >= 0.3 is 0 Å². The largest absolute Gasteiger partial charge is 0.476 e. The Kier molecular flexibility index (Phi) is 7.01. The highest BCUT2D eigenvalue weighted by Crippen LogP contribution is 2.36. The Bertz CT molecular complexity index is 1340. The summed E-state index contributed by atoms with van der Waals surface area (Å²) in [5.74, 6) is -0.0696. The topological polar surface area (TPSA) is 75.7 Å². The molecule has 1 N–H and O–H groups in total. The van der Waals surface area contributed by atoms with Gasteiger partial charge in [0.05, 0.1) is 24.0 Å². The van der Waals surface area contributed by atoms with Crippen LogP contribution in [0.4, 0.5) is 5.69 Å². The second-order valence-corrected chi connectivity index (χ2v) is 11.4. The summed E-state index contributed by atoms with van der Waals surface area (Å²) in [6.07, 6.45) is 4.39. The van der Waals surface area contributed by atoms with Crippen molar-refractivity contribution in [1.82, 2.24) is 5.32 Å². The molecule has 7 heteroatoms. The number of carbonyl (C=O) groups is 1. The van der Waals surface area contributed by atoms with Crippen molar-refractivity contribution in [2.24, 2.45) is 0 Å². The van der Waals surface area contributed by atoms with Crippen molar-refractivity contribution in [3.05, 3.63) is 95.1 Å². The van der Waals surface area contributed by atoms with Gasteiger partial charge in [0.25, 0.3) is 5.91 Å². The molecule has 0 bridgehead atoms. The van der Waals surface area contributed by atoms with Crippen LogP contribution in [0.25, 0.3) is 0 Å². The first-order valence-electron chi connectivity index (χ1n) is 12.7. The monoisotopic (exact) mass is 504 g/mol. The molecule has 0 spiro atoms. The molecular weight excluding hydrogens is 472 g/mol. The van der Waals surface area contributed by atoms with E-state index in [0.29, 0.717) is 17.0 Å². The van der Waals surface area contributed by atoms with Gasteiger partial charge in [-0.3, -0.25) is 9.10 Å². The summed E-state index contributed by atoms with van der Waals surface area (Å²) in [6.45, 7) is 1.97. The molecule has 0 radical (unpaired) electrons. The molecule has 36 heavy (non-hydrogen) atoms. The smallest absolute Gasteiger partial charge is 0.263 e. The van der Waals surface area contributed by atoms with Gasteiger partial charge in [-0.05, 0) is 66.5 Å². The van der Waals surface area contributed by atoms with E-state index >= 15 is 0 Å². The fourth-order valence-electron chi connectivity index (χ4n) is 5.12. The average molecular weight is 505 g/mol. The molecule has 1 aliphatic carbocycles. The zero-order valence-electron chi connectivity index (χ0n) is 20.5. The van der Waals surface area contributed by atoms with Gasteiger partial charge < -0.3 is 10.1 Å². The van der Waals surface area contributed by atoms with E-state index in [2.05, 4.69) is 23.5 Å². The molecule has 3 aromatic carbocycles. The van der Waals surface area contributed by atoms with Crippen molar-refractivity contribution in [2.45, 2.75) is 56.9 Å². The summed E-state index contributed by atoms with van der Waals surface area (Å²) < 4.78 is 34.3. The Morgan fingerprint density at radius 3 is 2.50 bits per heavy atom. The predicted molar refractivity (Wildman–Crippen MR) is 142 cm³/mol. The zero-order chi connectivity index (χ0) is 25.1. The van der Waals surface area contributed by atoms with Gasteiger partial charge in [0.15, 0.2) is 6.10 Å². The molecule has 2 aliphatic rings. The number of nitrogens with one attached hydrogen (secondary N) is 1. The van der Waals surface area contributed by atoms with Crippen LogP contribution in [0.2, 0.25) is 0 Å². The van der Waals surface area contributed by atoms with E-state index in [1.165, 1.54) is 28.3 Å². The Morgan fingerprint density at radius 1 is 1.00 bits per heavy atom. The number of hydrogen-bond acceptors (Lipinski definition) is 4. The number of carbonyl (C=O) groups excluding carboxylic acids is 1. The maximum atomic E-state index is 13.5. The van der Waals surface area contributed by atoms with E-state index in [-0.39, 0.29) is 24.2 Å². The minimum absolute atomic E-state index is 0.0708. The van der Waals surface area contributed by atoms with Crippen LogP contribution in [0.3, 0.4) is 0 Å². The summed E-state index contributed by atoms with van der Waals surface area (Å²) in [5.41, 5.74) is 5.00. The number of benzene rings is 3. The quantitative estimate of drug-likeness (QED) is 0.495. The molecule has 1 aliphatic heterocycles. The third kappa shape index (κ3) is 5.12. The number of anilines is 1. The minimum Gasteiger partial charge on any atom is -0.476 e. The number of hydrogen-bond donors (Lipinski definition) is 1. The van der Waals surface area contributed by atoms with Crippen molar-refractivity contribution in [3.8, 4) is 5.75 Å². The van der Waals surface area contributed by atoms with Gasteiger partial charge in [0.1, 0.15) is 5.75 Å². The fourth-order valence-corrected chi connectivity index (χ4v) is 6.70. The number of aryl methyl sites for hydroxylation is 2. The molecule has 0 saturated carbocycles. The average Bonchev–Trinajstić information content (AvgIpc) is 2.91. The number of rotatable bonds is 7.